The first-order valence-electron chi connectivity index (χ1n) is 11.6. The second kappa shape index (κ2) is 10.00. The van der Waals surface area contributed by atoms with Gasteiger partial charge in [0.25, 0.3) is 11.8 Å². The second-order valence-corrected chi connectivity index (χ2v) is 10.2. The number of Topliss-reactive ketones (excluding diaryl/α,β-unsaturated/α-hetero) is 1. The molecule has 0 bridgehead atoms. The molecule has 0 aliphatic carbocycles. The van der Waals surface area contributed by atoms with E-state index in [9.17, 15) is 19.2 Å². The molecule has 1 aromatic carbocycles. The van der Waals surface area contributed by atoms with Gasteiger partial charge in [-0.3, -0.25) is 19.3 Å². The maximum atomic E-state index is 12.8. The molecule has 1 aliphatic heterocycles. The quantitative estimate of drug-likeness (QED) is 0.241. The minimum absolute atomic E-state index is 0.131. The molecule has 0 spiro atoms. The van der Waals surface area contributed by atoms with E-state index in [1.165, 1.54) is 28.0 Å². The minimum Gasteiger partial charge on any atom is -0.454 e. The van der Waals surface area contributed by atoms with E-state index in [-0.39, 0.29) is 28.4 Å². The van der Waals surface area contributed by atoms with E-state index in [2.05, 4.69) is 4.57 Å². The summed E-state index contributed by atoms with van der Waals surface area (Å²) in [6.45, 7) is 8.47. The molecular formula is C27H28N2O5S. The van der Waals surface area contributed by atoms with Crippen molar-refractivity contribution in [2.45, 2.75) is 40.7 Å². The number of ether oxygens (including phenoxy) is 1. The van der Waals surface area contributed by atoms with E-state index in [1.807, 2.05) is 51.3 Å². The van der Waals surface area contributed by atoms with Crippen molar-refractivity contribution < 1.29 is 23.9 Å². The molecule has 8 heteroatoms. The zero-order valence-corrected chi connectivity index (χ0v) is 21.1. The lowest BCUT2D eigenvalue weighted by Gasteiger charge is -2.14. The summed E-state index contributed by atoms with van der Waals surface area (Å²) < 4.78 is 7.34. The van der Waals surface area contributed by atoms with E-state index in [4.69, 9.17) is 4.74 Å². The van der Waals surface area contributed by atoms with E-state index in [1.54, 1.807) is 11.3 Å². The summed E-state index contributed by atoms with van der Waals surface area (Å²) >= 11 is 1.65. The number of aryl methyl sites for hydroxylation is 1. The lowest BCUT2D eigenvalue weighted by atomic mass is 10.1. The third-order valence-electron chi connectivity index (χ3n) is 6.24. The predicted molar refractivity (Wildman–Crippen MR) is 133 cm³/mol. The standard InChI is InChI=1S/C27H28N2O5S/c1-16(2)9-10-28-25(31)21-8-7-19(13-23(21)26(28)32)27(33)34-15-24(30)22-12-17(3)29(18(22)4)14-20-6-5-11-35-20/h5-8,11-13,16H,9-10,14-15H2,1-4H3. The number of hydrogen-bond donors (Lipinski definition) is 0. The van der Waals surface area contributed by atoms with Gasteiger partial charge < -0.3 is 9.30 Å². The van der Waals surface area contributed by atoms with Gasteiger partial charge in [0, 0.05) is 28.4 Å². The molecule has 0 saturated carbocycles. The van der Waals surface area contributed by atoms with Crippen molar-refractivity contribution in [2.24, 2.45) is 5.92 Å². The lowest BCUT2D eigenvalue weighted by Crippen LogP contribution is -2.31. The number of rotatable bonds is 9. The fourth-order valence-corrected chi connectivity index (χ4v) is 4.88. The zero-order chi connectivity index (χ0) is 25.3. The molecule has 0 fully saturated rings. The highest BCUT2D eigenvalue weighted by Crippen LogP contribution is 2.25. The monoisotopic (exact) mass is 492 g/mol. The smallest absolute Gasteiger partial charge is 0.338 e. The number of benzene rings is 1. The third kappa shape index (κ3) is 4.98. The average Bonchev–Trinajstić information content (AvgIpc) is 3.51. The van der Waals surface area contributed by atoms with Crippen molar-refractivity contribution in [3.8, 4) is 0 Å². The number of aromatic nitrogens is 1. The number of amides is 2. The van der Waals surface area contributed by atoms with Crippen molar-refractivity contribution in [3.05, 3.63) is 80.3 Å². The fraction of sp³-hybridized carbons (Fsp3) is 0.333. The van der Waals surface area contributed by atoms with E-state index in [0.29, 0.717) is 31.0 Å². The number of carbonyl (C=O) groups is 4. The number of hydrogen-bond acceptors (Lipinski definition) is 6. The first kappa shape index (κ1) is 24.6. The Labute approximate surface area is 208 Å². The zero-order valence-electron chi connectivity index (χ0n) is 20.3. The summed E-state index contributed by atoms with van der Waals surface area (Å²) in [5.74, 6) is -1.42. The number of carbonyl (C=O) groups excluding carboxylic acids is 4. The Morgan fingerprint density at radius 3 is 2.46 bits per heavy atom. The molecule has 0 N–H and O–H groups in total. The molecule has 0 unspecified atom stereocenters. The summed E-state index contributed by atoms with van der Waals surface area (Å²) in [5.41, 5.74) is 2.89. The second-order valence-electron chi connectivity index (χ2n) is 9.15. The Balaban J connectivity index is 1.42. The number of fused-ring (bicyclic) bond motifs is 1. The van der Waals surface area contributed by atoms with Crippen LogP contribution in [0.2, 0.25) is 0 Å². The number of ketones is 1. The predicted octanol–water partition coefficient (Wildman–Crippen LogP) is 4.90. The highest BCUT2D eigenvalue weighted by molar-refractivity contribution is 7.09. The molecule has 2 aromatic heterocycles. The van der Waals surface area contributed by atoms with Crippen LogP contribution in [0.3, 0.4) is 0 Å². The van der Waals surface area contributed by atoms with Crippen LogP contribution in [-0.2, 0) is 11.3 Å². The van der Waals surface area contributed by atoms with Crippen molar-refractivity contribution in [1.29, 1.82) is 0 Å². The first-order valence-corrected chi connectivity index (χ1v) is 12.4. The third-order valence-corrected chi connectivity index (χ3v) is 7.10. The highest BCUT2D eigenvalue weighted by Gasteiger charge is 2.36. The molecule has 0 radical (unpaired) electrons. The molecule has 182 valence electrons. The van der Waals surface area contributed by atoms with Crippen LogP contribution in [0, 0.1) is 19.8 Å². The maximum absolute atomic E-state index is 12.8. The largest absolute Gasteiger partial charge is 0.454 e. The molecule has 0 atom stereocenters. The van der Waals surface area contributed by atoms with E-state index >= 15 is 0 Å². The lowest BCUT2D eigenvalue weighted by molar-refractivity contribution is 0.0474. The number of imide groups is 1. The topological polar surface area (TPSA) is 85.7 Å². The Morgan fingerprint density at radius 2 is 1.77 bits per heavy atom. The summed E-state index contributed by atoms with van der Waals surface area (Å²) in [7, 11) is 0. The van der Waals surface area contributed by atoms with E-state index < -0.39 is 18.5 Å². The summed E-state index contributed by atoms with van der Waals surface area (Å²) in [4.78, 5) is 53.2. The SMILES string of the molecule is Cc1cc(C(=O)COC(=O)c2ccc3c(c2)C(=O)N(CCC(C)C)C3=O)c(C)n1Cc1cccs1. The first-order chi connectivity index (χ1) is 16.7. The van der Waals surface area contributed by atoms with Gasteiger partial charge in [-0.15, -0.1) is 11.3 Å². The highest BCUT2D eigenvalue weighted by atomic mass is 32.1. The Bertz CT molecular complexity index is 1300. The Morgan fingerprint density at radius 1 is 1.03 bits per heavy atom. The Hall–Kier alpha value is -3.52. The van der Waals surface area contributed by atoms with Crippen LogP contribution in [0.25, 0.3) is 0 Å². The molecule has 2 amide bonds. The summed E-state index contributed by atoms with van der Waals surface area (Å²) in [6, 6.07) is 10.2. The van der Waals surface area contributed by atoms with Gasteiger partial charge in [-0.05, 0) is 61.9 Å². The van der Waals surface area contributed by atoms with E-state index in [0.717, 1.165) is 11.4 Å². The molecule has 1 aliphatic rings. The van der Waals surface area contributed by atoms with Gasteiger partial charge in [-0.1, -0.05) is 19.9 Å². The molecule has 4 rings (SSSR count). The van der Waals surface area contributed by atoms with Gasteiger partial charge in [0.15, 0.2) is 6.61 Å². The maximum Gasteiger partial charge on any atom is 0.338 e. The minimum atomic E-state index is -0.713. The molecule has 7 nitrogen and oxygen atoms in total. The molecule has 3 heterocycles. The molecular weight excluding hydrogens is 464 g/mol. The van der Waals surface area contributed by atoms with Crippen LogP contribution in [0.4, 0.5) is 0 Å². The molecule has 0 saturated heterocycles. The van der Waals surface area contributed by atoms with Gasteiger partial charge in [0.2, 0.25) is 5.78 Å². The van der Waals surface area contributed by atoms with Crippen LogP contribution < -0.4 is 0 Å². The van der Waals surface area contributed by atoms with Crippen molar-refractivity contribution >= 4 is 34.9 Å². The number of esters is 1. The van der Waals surface area contributed by atoms with Gasteiger partial charge in [-0.25, -0.2) is 4.79 Å². The van der Waals surface area contributed by atoms with Crippen LogP contribution in [-0.4, -0.2) is 46.2 Å². The van der Waals surface area contributed by atoms with Gasteiger partial charge >= 0.3 is 5.97 Å². The van der Waals surface area contributed by atoms with Crippen molar-refractivity contribution in [2.75, 3.05) is 13.2 Å². The van der Waals surface area contributed by atoms with Crippen LogP contribution in [0.15, 0.2) is 41.8 Å². The van der Waals surface area contributed by atoms with Crippen LogP contribution >= 0.6 is 11.3 Å². The van der Waals surface area contributed by atoms with Crippen LogP contribution in [0.5, 0.6) is 0 Å². The normalized spacial score (nSPS) is 13.0. The fourth-order valence-electron chi connectivity index (χ4n) is 4.19. The van der Waals surface area contributed by atoms with Crippen LogP contribution in [0.1, 0.15) is 78.0 Å². The summed E-state index contributed by atoms with van der Waals surface area (Å²) in [5, 5.41) is 2.01. The molecule has 3 aromatic rings. The average molecular weight is 493 g/mol. The van der Waals surface area contributed by atoms with Gasteiger partial charge in [0.05, 0.1) is 23.2 Å². The summed E-state index contributed by atoms with van der Waals surface area (Å²) in [6.07, 6.45) is 0.705. The number of thiophene rings is 1. The van der Waals surface area contributed by atoms with Gasteiger partial charge in [-0.2, -0.15) is 0 Å². The number of nitrogens with zero attached hydrogens (tertiary/aromatic N) is 2. The Kier molecular flexibility index (Phi) is 7.03. The molecule has 35 heavy (non-hydrogen) atoms. The van der Waals surface area contributed by atoms with Crippen molar-refractivity contribution in [3.63, 3.8) is 0 Å². The van der Waals surface area contributed by atoms with Crippen molar-refractivity contribution in [1.82, 2.24) is 9.47 Å². The van der Waals surface area contributed by atoms with Gasteiger partial charge in [0.1, 0.15) is 0 Å².